The fourth-order valence-electron chi connectivity index (χ4n) is 2.69. The third kappa shape index (κ3) is 18.3. The molecule has 30 heavy (non-hydrogen) atoms. The van der Waals surface area contributed by atoms with Crippen LogP contribution in [-0.2, 0) is 35.7 Å². The minimum Gasteiger partial charge on any atom is -1.00 e. The average Bonchev–Trinajstić information content (AvgIpc) is 3.48. The maximum atomic E-state index is 4.94. The van der Waals surface area contributed by atoms with Crippen molar-refractivity contribution in [1.29, 1.82) is 0 Å². The van der Waals surface area contributed by atoms with E-state index in [2.05, 4.69) is 60.7 Å². The normalized spacial score (nSPS) is 14.7. The monoisotopic (exact) mass is 564 g/mol. The van der Waals surface area contributed by atoms with Gasteiger partial charge in [-0.05, 0) is 55.0 Å². The molecule has 2 heterocycles. The summed E-state index contributed by atoms with van der Waals surface area (Å²) in [6, 6.07) is 21.6. The quantitative estimate of drug-likeness (QED) is 0.330. The maximum Gasteiger partial charge on any atom is 4.00 e. The summed E-state index contributed by atoms with van der Waals surface area (Å²) in [6.45, 7) is 4.00. The van der Waals surface area contributed by atoms with Crippen LogP contribution in [0.4, 0.5) is 0 Å². The Labute approximate surface area is 218 Å². The van der Waals surface area contributed by atoms with Gasteiger partial charge in [0.2, 0.25) is 0 Å². The van der Waals surface area contributed by atoms with Crippen LogP contribution in [0.1, 0.15) is 32.1 Å². The van der Waals surface area contributed by atoms with Crippen LogP contribution < -0.4 is 35.4 Å². The van der Waals surface area contributed by atoms with Gasteiger partial charge in [-0.2, -0.15) is 0 Å². The zero-order valence-corrected chi connectivity index (χ0v) is 23.6. The van der Waals surface area contributed by atoms with E-state index in [0.29, 0.717) is 0 Å². The molecule has 164 valence electrons. The molecular weight excluding hydrogens is 532 g/mol. The van der Waals surface area contributed by atoms with Gasteiger partial charge >= 0.3 is 26.2 Å². The van der Waals surface area contributed by atoms with Crippen molar-refractivity contribution in [3.05, 3.63) is 60.7 Å². The standard InChI is InChI=1S/C15H18P2.2C4H8O.2ClH.Zr/c1-3-8-14(9-4-1)16-12-7-13-17-15-10-5-2-6-11-15;2*1-2-4-5-3-1;;;/h1-6,8-11,16-17H,7,12-13H2;2*1-4H2;2*1H;/q;;;;;+4/p-2. The zero-order chi connectivity index (χ0) is 18.8. The Bertz CT molecular complexity index is 505. The molecule has 0 radical (unpaired) electrons. The Balaban J connectivity index is 0. The Morgan fingerprint density at radius 2 is 0.900 bits per heavy atom. The van der Waals surface area contributed by atoms with E-state index in [4.69, 9.17) is 9.47 Å². The van der Waals surface area contributed by atoms with Gasteiger partial charge in [-0.15, -0.1) is 0 Å². The van der Waals surface area contributed by atoms with Crippen molar-refractivity contribution < 1.29 is 60.5 Å². The molecule has 2 atom stereocenters. The molecule has 2 unspecified atom stereocenters. The molecule has 0 saturated carbocycles. The molecule has 0 bridgehead atoms. The third-order valence-electron chi connectivity index (χ3n) is 4.21. The van der Waals surface area contributed by atoms with Crippen molar-refractivity contribution in [2.75, 3.05) is 38.8 Å². The van der Waals surface area contributed by atoms with E-state index in [-0.39, 0.29) is 51.0 Å². The van der Waals surface area contributed by atoms with E-state index in [1.807, 2.05) is 0 Å². The largest absolute Gasteiger partial charge is 4.00 e. The van der Waals surface area contributed by atoms with Gasteiger partial charge in [-0.1, -0.05) is 77.8 Å². The second-order valence-electron chi connectivity index (χ2n) is 6.58. The summed E-state index contributed by atoms with van der Waals surface area (Å²) >= 11 is 0. The smallest absolute Gasteiger partial charge is 1.00 e. The van der Waals surface area contributed by atoms with Crippen molar-refractivity contribution in [1.82, 2.24) is 0 Å². The van der Waals surface area contributed by atoms with Crippen LogP contribution in [-0.4, -0.2) is 38.8 Å². The SMILES string of the molecule is C1CCOC1.C1CCOC1.[Cl-].[Cl-].[Zr+4].c1ccc(PCCCPc2ccccc2)cc1. The third-order valence-corrected chi connectivity index (χ3v) is 6.90. The molecule has 0 amide bonds. The number of ether oxygens (including phenoxy) is 2. The van der Waals surface area contributed by atoms with Gasteiger partial charge in [0.05, 0.1) is 0 Å². The van der Waals surface area contributed by atoms with E-state index >= 15 is 0 Å². The minimum absolute atomic E-state index is 0. The van der Waals surface area contributed by atoms with Gasteiger partial charge < -0.3 is 34.3 Å². The van der Waals surface area contributed by atoms with Crippen LogP contribution in [0.3, 0.4) is 0 Å². The molecule has 4 rings (SSSR count). The number of rotatable bonds is 6. The molecule has 0 aromatic heterocycles. The zero-order valence-electron chi connectivity index (χ0n) is 17.6. The molecule has 2 aromatic rings. The predicted octanol–water partition coefficient (Wildman–Crippen LogP) is -1.02. The second kappa shape index (κ2) is 24.3. The van der Waals surface area contributed by atoms with Crippen LogP contribution in [0.5, 0.6) is 0 Å². The van der Waals surface area contributed by atoms with E-state index in [1.165, 1.54) is 55.0 Å². The average molecular weight is 567 g/mol. The summed E-state index contributed by atoms with van der Waals surface area (Å²) < 4.78 is 9.89. The van der Waals surface area contributed by atoms with Crippen molar-refractivity contribution in [3.63, 3.8) is 0 Å². The summed E-state index contributed by atoms with van der Waals surface area (Å²) in [4.78, 5) is 0. The molecule has 2 aromatic carbocycles. The molecule has 0 spiro atoms. The molecule has 2 fully saturated rings. The summed E-state index contributed by atoms with van der Waals surface area (Å²) in [5.41, 5.74) is 0. The second-order valence-corrected chi connectivity index (χ2v) is 9.44. The maximum absolute atomic E-state index is 4.94. The van der Waals surface area contributed by atoms with E-state index in [1.54, 1.807) is 0 Å². The minimum atomic E-state index is 0. The Hall–Kier alpha value is 0.683. The summed E-state index contributed by atoms with van der Waals surface area (Å²) in [5.74, 6) is 0. The van der Waals surface area contributed by atoms with Crippen molar-refractivity contribution in [2.24, 2.45) is 0 Å². The molecule has 2 nitrogen and oxygen atoms in total. The topological polar surface area (TPSA) is 18.5 Å². The Morgan fingerprint density at radius 3 is 1.17 bits per heavy atom. The van der Waals surface area contributed by atoms with Crippen LogP contribution in [0.2, 0.25) is 0 Å². The van der Waals surface area contributed by atoms with Gasteiger partial charge in [-0.3, -0.25) is 0 Å². The van der Waals surface area contributed by atoms with Gasteiger partial charge in [-0.25, -0.2) is 0 Å². The number of halogens is 2. The van der Waals surface area contributed by atoms with Crippen molar-refractivity contribution in [2.45, 2.75) is 32.1 Å². The van der Waals surface area contributed by atoms with Gasteiger partial charge in [0.1, 0.15) is 0 Å². The molecule has 2 aliphatic heterocycles. The molecule has 0 N–H and O–H groups in total. The van der Waals surface area contributed by atoms with Crippen LogP contribution in [0.25, 0.3) is 0 Å². The van der Waals surface area contributed by atoms with E-state index in [9.17, 15) is 0 Å². The molecule has 7 heteroatoms. The summed E-state index contributed by atoms with van der Waals surface area (Å²) in [7, 11) is 1.95. The summed E-state index contributed by atoms with van der Waals surface area (Å²) in [6.07, 6.45) is 9.13. The first kappa shape index (κ1) is 32.9. The number of benzene rings is 2. The molecular formula is C23H34Cl2O2P2Zr+2. The number of hydrogen-bond donors (Lipinski definition) is 0. The van der Waals surface area contributed by atoms with Gasteiger partial charge in [0, 0.05) is 26.4 Å². The molecule has 2 aliphatic rings. The van der Waals surface area contributed by atoms with Gasteiger partial charge in [0.15, 0.2) is 0 Å². The predicted molar refractivity (Wildman–Crippen MR) is 123 cm³/mol. The van der Waals surface area contributed by atoms with Gasteiger partial charge in [0.25, 0.3) is 0 Å². The first-order valence-electron chi connectivity index (χ1n) is 10.2. The van der Waals surface area contributed by atoms with E-state index in [0.717, 1.165) is 43.6 Å². The fourth-order valence-corrected chi connectivity index (χ4v) is 5.18. The number of hydrogen-bond acceptors (Lipinski definition) is 2. The Morgan fingerprint density at radius 1 is 0.567 bits per heavy atom. The van der Waals surface area contributed by atoms with Crippen molar-refractivity contribution in [3.8, 4) is 0 Å². The van der Waals surface area contributed by atoms with Crippen LogP contribution >= 0.6 is 17.2 Å². The molecule has 2 saturated heterocycles. The summed E-state index contributed by atoms with van der Waals surface area (Å²) in [5, 5.41) is 2.99. The first-order valence-corrected chi connectivity index (χ1v) is 12.6. The fraction of sp³-hybridized carbons (Fsp3) is 0.478. The first-order chi connectivity index (χ1) is 13.4. The van der Waals surface area contributed by atoms with Crippen LogP contribution in [0.15, 0.2) is 60.7 Å². The molecule has 0 aliphatic carbocycles. The van der Waals surface area contributed by atoms with E-state index < -0.39 is 0 Å². The Kier molecular flexibility index (Phi) is 26.6. The van der Waals surface area contributed by atoms with Crippen LogP contribution in [0, 0.1) is 0 Å². The van der Waals surface area contributed by atoms with Crippen molar-refractivity contribution >= 4 is 27.8 Å².